The van der Waals surface area contributed by atoms with Crippen molar-refractivity contribution in [1.82, 2.24) is 10.3 Å². The van der Waals surface area contributed by atoms with Crippen molar-refractivity contribution in [3.8, 4) is 10.6 Å². The third-order valence-electron chi connectivity index (χ3n) is 2.63. The van der Waals surface area contributed by atoms with Gasteiger partial charge in [0.25, 0.3) is 0 Å². The van der Waals surface area contributed by atoms with Crippen molar-refractivity contribution >= 4 is 11.3 Å². The number of rotatable bonds is 4. The van der Waals surface area contributed by atoms with Gasteiger partial charge in [-0.15, -0.1) is 11.3 Å². The Bertz CT molecular complexity index is 496. The molecule has 0 aliphatic heterocycles. The van der Waals surface area contributed by atoms with Crippen molar-refractivity contribution in [2.75, 3.05) is 7.05 Å². The van der Waals surface area contributed by atoms with Crippen LogP contribution in [0.25, 0.3) is 10.6 Å². The van der Waals surface area contributed by atoms with Crippen LogP contribution in [0.5, 0.6) is 0 Å². The molecule has 0 saturated heterocycles. The van der Waals surface area contributed by atoms with E-state index in [1.807, 2.05) is 19.3 Å². The molecule has 1 aromatic carbocycles. The maximum atomic E-state index is 13.1. The van der Waals surface area contributed by atoms with Gasteiger partial charge in [0.2, 0.25) is 0 Å². The molecule has 0 radical (unpaired) electrons. The van der Waals surface area contributed by atoms with Crippen LogP contribution in [0.1, 0.15) is 11.8 Å². The summed E-state index contributed by atoms with van der Waals surface area (Å²) in [6.45, 7) is 2.13. The summed E-state index contributed by atoms with van der Waals surface area (Å²) >= 11 is 1.62. The minimum Gasteiger partial charge on any atom is -0.317 e. The molecule has 1 atom stereocenters. The largest absolute Gasteiger partial charge is 0.317 e. The number of benzene rings is 1. The highest BCUT2D eigenvalue weighted by Gasteiger charge is 2.07. The minimum atomic E-state index is -0.220. The first-order valence-electron chi connectivity index (χ1n) is 5.57. The maximum absolute atomic E-state index is 13.1. The fourth-order valence-corrected chi connectivity index (χ4v) is 2.60. The topological polar surface area (TPSA) is 24.9 Å². The maximum Gasteiger partial charge on any atom is 0.123 e. The van der Waals surface area contributed by atoms with Crippen LogP contribution in [0.3, 0.4) is 0 Å². The molecule has 90 valence electrons. The van der Waals surface area contributed by atoms with Crippen LogP contribution in [0.4, 0.5) is 4.39 Å². The summed E-state index contributed by atoms with van der Waals surface area (Å²) in [5.74, 6) is -0.220. The predicted octanol–water partition coefficient (Wildman–Crippen LogP) is 3.10. The molecule has 1 aromatic heterocycles. The molecule has 0 fully saturated rings. The first kappa shape index (κ1) is 12.2. The molecule has 0 saturated carbocycles. The van der Waals surface area contributed by atoms with Gasteiger partial charge in [0, 0.05) is 22.7 Å². The van der Waals surface area contributed by atoms with Crippen molar-refractivity contribution in [2.45, 2.75) is 19.4 Å². The van der Waals surface area contributed by atoms with Crippen molar-refractivity contribution in [1.29, 1.82) is 0 Å². The van der Waals surface area contributed by atoms with Crippen LogP contribution in [0, 0.1) is 5.82 Å². The van der Waals surface area contributed by atoms with E-state index in [4.69, 9.17) is 0 Å². The van der Waals surface area contributed by atoms with Crippen molar-refractivity contribution < 1.29 is 4.39 Å². The lowest BCUT2D eigenvalue weighted by Crippen LogP contribution is -2.22. The van der Waals surface area contributed by atoms with E-state index in [1.165, 1.54) is 17.0 Å². The monoisotopic (exact) mass is 250 g/mol. The summed E-state index contributed by atoms with van der Waals surface area (Å²) in [5, 5.41) is 4.07. The zero-order chi connectivity index (χ0) is 12.3. The normalized spacial score (nSPS) is 12.6. The SMILES string of the molecule is CNC(C)Cc1cnc(-c2cccc(F)c2)s1. The Labute approximate surface area is 105 Å². The Kier molecular flexibility index (Phi) is 3.86. The highest BCUT2D eigenvalue weighted by Crippen LogP contribution is 2.26. The van der Waals surface area contributed by atoms with E-state index in [1.54, 1.807) is 17.4 Å². The minimum absolute atomic E-state index is 0.220. The summed E-state index contributed by atoms with van der Waals surface area (Å²) in [5.41, 5.74) is 0.846. The van der Waals surface area contributed by atoms with Gasteiger partial charge in [0.1, 0.15) is 10.8 Å². The molecular weight excluding hydrogens is 235 g/mol. The van der Waals surface area contributed by atoms with E-state index in [-0.39, 0.29) is 5.82 Å². The van der Waals surface area contributed by atoms with E-state index >= 15 is 0 Å². The molecule has 17 heavy (non-hydrogen) atoms. The molecule has 0 aliphatic carbocycles. The number of aromatic nitrogens is 1. The Morgan fingerprint density at radius 3 is 3.00 bits per heavy atom. The summed E-state index contributed by atoms with van der Waals surface area (Å²) in [6.07, 6.45) is 2.82. The van der Waals surface area contributed by atoms with Crippen LogP contribution in [-0.2, 0) is 6.42 Å². The van der Waals surface area contributed by atoms with Crippen molar-refractivity contribution in [3.63, 3.8) is 0 Å². The number of likely N-dealkylation sites (N-methyl/N-ethyl adjacent to an activating group) is 1. The molecule has 2 rings (SSSR count). The smallest absolute Gasteiger partial charge is 0.123 e. The third-order valence-corrected chi connectivity index (χ3v) is 3.69. The first-order valence-corrected chi connectivity index (χ1v) is 6.38. The van der Waals surface area contributed by atoms with Crippen LogP contribution in [0.15, 0.2) is 30.5 Å². The predicted molar refractivity (Wildman–Crippen MR) is 69.7 cm³/mol. The van der Waals surface area contributed by atoms with Crippen LogP contribution in [-0.4, -0.2) is 18.1 Å². The van der Waals surface area contributed by atoms with Gasteiger partial charge >= 0.3 is 0 Å². The Morgan fingerprint density at radius 1 is 1.47 bits per heavy atom. The van der Waals surface area contributed by atoms with Gasteiger partial charge in [-0.3, -0.25) is 0 Å². The highest BCUT2D eigenvalue weighted by molar-refractivity contribution is 7.15. The fourth-order valence-electron chi connectivity index (χ4n) is 1.56. The number of hydrogen-bond donors (Lipinski definition) is 1. The molecule has 2 nitrogen and oxygen atoms in total. The molecule has 0 bridgehead atoms. The average Bonchev–Trinajstić information content (AvgIpc) is 2.77. The number of thiazole rings is 1. The lowest BCUT2D eigenvalue weighted by atomic mass is 10.2. The molecule has 0 amide bonds. The number of nitrogens with zero attached hydrogens (tertiary/aromatic N) is 1. The first-order chi connectivity index (χ1) is 8.19. The number of nitrogens with one attached hydrogen (secondary N) is 1. The van der Waals surface area contributed by atoms with E-state index in [0.29, 0.717) is 6.04 Å². The lowest BCUT2D eigenvalue weighted by Gasteiger charge is -2.06. The van der Waals surface area contributed by atoms with Crippen LogP contribution in [0.2, 0.25) is 0 Å². The summed E-state index contributed by atoms with van der Waals surface area (Å²) < 4.78 is 13.1. The van der Waals surface area contributed by atoms with E-state index in [9.17, 15) is 4.39 Å². The van der Waals surface area contributed by atoms with Crippen molar-refractivity contribution in [2.24, 2.45) is 0 Å². The zero-order valence-electron chi connectivity index (χ0n) is 9.90. The Balaban J connectivity index is 2.18. The van der Waals surface area contributed by atoms with E-state index < -0.39 is 0 Å². The van der Waals surface area contributed by atoms with Gasteiger partial charge in [-0.2, -0.15) is 0 Å². The van der Waals surface area contributed by atoms with Crippen LogP contribution < -0.4 is 5.32 Å². The number of halogens is 1. The van der Waals surface area contributed by atoms with Gasteiger partial charge in [-0.1, -0.05) is 12.1 Å². The standard InChI is InChI=1S/C13H15FN2S/c1-9(15-2)6-12-8-16-13(17-12)10-4-3-5-11(14)7-10/h3-5,7-9,15H,6H2,1-2H3. The molecule has 4 heteroatoms. The second-order valence-electron chi connectivity index (χ2n) is 4.04. The molecule has 1 unspecified atom stereocenters. The van der Waals surface area contributed by atoms with Gasteiger partial charge in [-0.05, 0) is 32.5 Å². The average molecular weight is 250 g/mol. The van der Waals surface area contributed by atoms with E-state index in [0.717, 1.165) is 17.0 Å². The van der Waals surface area contributed by atoms with Gasteiger partial charge in [0.05, 0.1) is 0 Å². The Hall–Kier alpha value is -1.26. The molecule has 1 N–H and O–H groups in total. The molecular formula is C13H15FN2S. The fraction of sp³-hybridized carbons (Fsp3) is 0.308. The molecule has 0 spiro atoms. The Morgan fingerprint density at radius 2 is 2.29 bits per heavy atom. The highest BCUT2D eigenvalue weighted by atomic mass is 32.1. The molecule has 2 aromatic rings. The quantitative estimate of drug-likeness (QED) is 0.902. The van der Waals surface area contributed by atoms with Gasteiger partial charge in [-0.25, -0.2) is 9.37 Å². The number of hydrogen-bond acceptors (Lipinski definition) is 3. The van der Waals surface area contributed by atoms with Gasteiger partial charge < -0.3 is 5.32 Å². The molecule has 0 aliphatic rings. The molecule has 1 heterocycles. The second kappa shape index (κ2) is 5.38. The van der Waals surface area contributed by atoms with Gasteiger partial charge in [0.15, 0.2) is 0 Å². The van der Waals surface area contributed by atoms with E-state index in [2.05, 4.69) is 17.2 Å². The second-order valence-corrected chi connectivity index (χ2v) is 5.15. The third kappa shape index (κ3) is 3.11. The lowest BCUT2D eigenvalue weighted by molar-refractivity contribution is 0.612. The van der Waals surface area contributed by atoms with Crippen LogP contribution >= 0.6 is 11.3 Å². The summed E-state index contributed by atoms with van der Waals surface area (Å²) in [4.78, 5) is 5.55. The summed E-state index contributed by atoms with van der Waals surface area (Å²) in [6, 6.07) is 6.98. The van der Waals surface area contributed by atoms with Crippen molar-refractivity contribution in [3.05, 3.63) is 41.2 Å². The summed E-state index contributed by atoms with van der Waals surface area (Å²) in [7, 11) is 1.94. The zero-order valence-corrected chi connectivity index (χ0v) is 10.7.